The monoisotopic (exact) mass is 344 g/mol. The first-order chi connectivity index (χ1) is 11.5. The minimum absolute atomic E-state index is 0.0115. The van der Waals surface area contributed by atoms with Crippen LogP contribution in [-0.4, -0.2) is 25.8 Å². The third-order valence-corrected chi connectivity index (χ3v) is 3.92. The summed E-state index contributed by atoms with van der Waals surface area (Å²) in [5, 5.41) is 7.95. The molecule has 24 heavy (non-hydrogen) atoms. The van der Waals surface area contributed by atoms with E-state index < -0.39 is 5.82 Å². The Morgan fingerprint density at radius 2 is 2.04 bits per heavy atom. The highest BCUT2D eigenvalue weighted by Gasteiger charge is 2.18. The van der Waals surface area contributed by atoms with Crippen LogP contribution in [0.3, 0.4) is 0 Å². The maximum absolute atomic E-state index is 13.3. The summed E-state index contributed by atoms with van der Waals surface area (Å²) in [4.78, 5) is 16.6. The fourth-order valence-corrected chi connectivity index (χ4v) is 2.61. The van der Waals surface area contributed by atoms with Crippen molar-refractivity contribution < 1.29 is 9.18 Å². The average molecular weight is 345 g/mol. The molecule has 2 aromatic heterocycles. The number of rotatable bonds is 4. The van der Waals surface area contributed by atoms with Crippen LogP contribution in [0.25, 0.3) is 5.69 Å². The Balaban J connectivity index is 1.89. The summed E-state index contributed by atoms with van der Waals surface area (Å²) in [6.45, 7) is 3.61. The molecule has 0 unspecified atom stereocenters. The van der Waals surface area contributed by atoms with Crippen LogP contribution in [0.5, 0.6) is 0 Å². The van der Waals surface area contributed by atoms with Gasteiger partial charge in [-0.1, -0.05) is 16.8 Å². The molecule has 0 fully saturated rings. The van der Waals surface area contributed by atoms with E-state index >= 15 is 0 Å². The number of aryl methyl sites for hydroxylation is 1. The van der Waals surface area contributed by atoms with Gasteiger partial charge < -0.3 is 0 Å². The molecule has 3 rings (SSSR count). The zero-order valence-corrected chi connectivity index (χ0v) is 13.9. The van der Waals surface area contributed by atoms with Gasteiger partial charge in [0.05, 0.1) is 16.4 Å². The van der Waals surface area contributed by atoms with Gasteiger partial charge in [-0.2, -0.15) is 0 Å². The third kappa shape index (κ3) is 3.19. The average Bonchev–Trinajstić information content (AvgIpc) is 2.92. The molecule has 7 heteroatoms. The van der Waals surface area contributed by atoms with Gasteiger partial charge in [-0.25, -0.2) is 9.07 Å². The zero-order chi connectivity index (χ0) is 17.3. The molecule has 0 atom stereocenters. The topological polar surface area (TPSA) is 60.7 Å². The molecular weight excluding hydrogens is 331 g/mol. The first kappa shape index (κ1) is 16.3. The van der Waals surface area contributed by atoms with Crippen LogP contribution in [0.15, 0.2) is 36.5 Å². The smallest absolute Gasteiger partial charge is 0.189 e. The van der Waals surface area contributed by atoms with Crippen molar-refractivity contribution in [2.24, 2.45) is 0 Å². The van der Waals surface area contributed by atoms with E-state index in [9.17, 15) is 9.18 Å². The van der Waals surface area contributed by atoms with Crippen molar-refractivity contribution in [3.8, 4) is 5.69 Å². The number of carbonyl (C=O) groups excluding carboxylic acids is 1. The van der Waals surface area contributed by atoms with E-state index in [1.807, 2.05) is 13.0 Å². The second-order valence-electron chi connectivity index (χ2n) is 5.44. The molecule has 0 saturated heterocycles. The highest BCUT2D eigenvalue weighted by molar-refractivity contribution is 6.30. The van der Waals surface area contributed by atoms with Crippen LogP contribution in [-0.2, 0) is 6.42 Å². The molecule has 122 valence electrons. The fraction of sp³-hybridized carbons (Fsp3) is 0.176. The van der Waals surface area contributed by atoms with Crippen molar-refractivity contribution in [3.63, 3.8) is 0 Å². The largest absolute Gasteiger partial charge is 0.292 e. The van der Waals surface area contributed by atoms with Gasteiger partial charge in [-0.05, 0) is 49.7 Å². The van der Waals surface area contributed by atoms with Gasteiger partial charge in [0.15, 0.2) is 11.5 Å². The number of Topliss-reactive ketones (excluding diaryl/α,β-unsaturated/α-hetero) is 1. The molecule has 0 aliphatic rings. The highest BCUT2D eigenvalue weighted by atomic mass is 35.5. The Bertz CT molecular complexity index is 923. The highest BCUT2D eigenvalue weighted by Crippen LogP contribution is 2.20. The summed E-state index contributed by atoms with van der Waals surface area (Å²) in [7, 11) is 0. The van der Waals surface area contributed by atoms with E-state index in [-0.39, 0.29) is 22.9 Å². The van der Waals surface area contributed by atoms with E-state index in [0.717, 1.165) is 11.3 Å². The lowest BCUT2D eigenvalue weighted by molar-refractivity contribution is 0.0987. The lowest BCUT2D eigenvalue weighted by atomic mass is 10.1. The molecule has 0 radical (unpaired) electrons. The third-order valence-electron chi connectivity index (χ3n) is 3.63. The van der Waals surface area contributed by atoms with Gasteiger partial charge in [-0.3, -0.25) is 9.78 Å². The van der Waals surface area contributed by atoms with Crippen LogP contribution < -0.4 is 0 Å². The number of halogens is 2. The Labute approximate surface area is 143 Å². The maximum Gasteiger partial charge on any atom is 0.189 e. The summed E-state index contributed by atoms with van der Waals surface area (Å²) in [6.07, 6.45) is 1.88. The van der Waals surface area contributed by atoms with Crippen molar-refractivity contribution in [1.29, 1.82) is 0 Å². The molecule has 0 aliphatic heterocycles. The molecule has 0 aliphatic carbocycles. The minimum atomic E-state index is -0.512. The van der Waals surface area contributed by atoms with Gasteiger partial charge in [-0.15, -0.1) is 5.10 Å². The summed E-state index contributed by atoms with van der Waals surface area (Å²) >= 11 is 5.80. The van der Waals surface area contributed by atoms with E-state index in [0.29, 0.717) is 11.4 Å². The van der Waals surface area contributed by atoms with Crippen LogP contribution in [0.1, 0.15) is 27.4 Å². The number of ketones is 1. The first-order valence-electron chi connectivity index (χ1n) is 7.28. The number of carbonyl (C=O) groups is 1. The number of hydrogen-bond donors (Lipinski definition) is 0. The standard InChI is InChI=1S/C17H14ClFN4O/c1-10-7-12(5-6-20-10)8-16(24)17-11(2)23(22-21-17)13-3-4-15(19)14(18)9-13/h3-7,9H,8H2,1-2H3. The fourth-order valence-electron chi connectivity index (χ4n) is 2.43. The number of pyridine rings is 1. The molecule has 1 aromatic carbocycles. The molecule has 0 bridgehead atoms. The van der Waals surface area contributed by atoms with Crippen LogP contribution in [0.2, 0.25) is 5.02 Å². The van der Waals surface area contributed by atoms with Gasteiger partial charge in [0, 0.05) is 18.3 Å². The molecule has 5 nitrogen and oxygen atoms in total. The van der Waals surface area contributed by atoms with Crippen molar-refractivity contribution in [3.05, 3.63) is 70.0 Å². The Morgan fingerprint density at radius 1 is 1.25 bits per heavy atom. The van der Waals surface area contributed by atoms with Gasteiger partial charge in [0.2, 0.25) is 0 Å². The molecule has 2 heterocycles. The second kappa shape index (κ2) is 6.49. The predicted octanol–water partition coefficient (Wildman–Crippen LogP) is 3.50. The maximum atomic E-state index is 13.3. The van der Waals surface area contributed by atoms with Gasteiger partial charge in [0.25, 0.3) is 0 Å². The molecule has 0 saturated carbocycles. The lowest BCUT2D eigenvalue weighted by Gasteiger charge is -2.05. The molecule has 0 spiro atoms. The lowest BCUT2D eigenvalue weighted by Crippen LogP contribution is -2.07. The summed E-state index contributed by atoms with van der Waals surface area (Å²) in [5.74, 6) is -0.653. The second-order valence-corrected chi connectivity index (χ2v) is 5.85. The molecule has 3 aromatic rings. The van der Waals surface area contributed by atoms with Crippen molar-refractivity contribution in [1.82, 2.24) is 20.0 Å². The first-order valence-corrected chi connectivity index (χ1v) is 7.66. The van der Waals surface area contributed by atoms with E-state index in [4.69, 9.17) is 11.6 Å². The number of nitrogens with zero attached hydrogens (tertiary/aromatic N) is 4. The quantitative estimate of drug-likeness (QED) is 0.680. The van der Waals surface area contributed by atoms with Crippen LogP contribution in [0, 0.1) is 19.7 Å². The number of benzene rings is 1. The molecule has 0 amide bonds. The summed E-state index contributed by atoms with van der Waals surface area (Å²) < 4.78 is 14.8. The Hall–Kier alpha value is -2.60. The Morgan fingerprint density at radius 3 is 2.75 bits per heavy atom. The van der Waals surface area contributed by atoms with Gasteiger partial charge in [0.1, 0.15) is 5.82 Å². The number of hydrogen-bond acceptors (Lipinski definition) is 4. The van der Waals surface area contributed by atoms with Crippen molar-refractivity contribution in [2.45, 2.75) is 20.3 Å². The summed E-state index contributed by atoms with van der Waals surface area (Å²) in [6, 6.07) is 7.88. The van der Waals surface area contributed by atoms with Gasteiger partial charge >= 0.3 is 0 Å². The van der Waals surface area contributed by atoms with Crippen LogP contribution >= 0.6 is 11.6 Å². The SMILES string of the molecule is Cc1cc(CC(=O)c2nnn(-c3ccc(F)c(Cl)c3)c2C)ccn1. The zero-order valence-electron chi connectivity index (χ0n) is 13.1. The number of aromatic nitrogens is 4. The van der Waals surface area contributed by atoms with Crippen molar-refractivity contribution >= 4 is 17.4 Å². The van der Waals surface area contributed by atoms with Crippen molar-refractivity contribution in [2.75, 3.05) is 0 Å². The summed E-state index contributed by atoms with van der Waals surface area (Å²) in [5.41, 5.74) is 3.12. The molecular formula is C17H14ClFN4O. The van der Waals surface area contributed by atoms with E-state index in [1.165, 1.54) is 22.9 Å². The normalized spacial score (nSPS) is 10.8. The Kier molecular flexibility index (Phi) is 4.40. The minimum Gasteiger partial charge on any atom is -0.292 e. The van der Waals surface area contributed by atoms with E-state index in [1.54, 1.807) is 19.2 Å². The predicted molar refractivity (Wildman–Crippen MR) is 88.1 cm³/mol. The van der Waals surface area contributed by atoms with Crippen LogP contribution in [0.4, 0.5) is 4.39 Å². The van der Waals surface area contributed by atoms with E-state index in [2.05, 4.69) is 15.3 Å². The molecule has 0 N–H and O–H groups in total.